The summed E-state index contributed by atoms with van der Waals surface area (Å²) in [4.78, 5) is 272. The van der Waals surface area contributed by atoms with Gasteiger partial charge in [-0.1, -0.05) is 119 Å². The van der Waals surface area contributed by atoms with Gasteiger partial charge in [0.2, 0.25) is 52.7 Å². The van der Waals surface area contributed by atoms with Gasteiger partial charge in [-0.05, 0) is 188 Å². The number of hydrogen-bond acceptors (Lipinski definition) is 36. The molecule has 43 heteroatoms. The number of benzene rings is 2. The lowest BCUT2D eigenvalue weighted by Crippen LogP contribution is -2.64. The van der Waals surface area contributed by atoms with Gasteiger partial charge in [-0.15, -0.1) is 0 Å². The molecule has 43 nitrogen and oxygen atoms in total. The maximum absolute atomic E-state index is 15.0. The SMILES string of the molecule is CC(=O)N[C@@H](CC(C)C)C(=O)N[C@H](C(=O)C(=O)[C@H](Cc1ccccc1)NN[C@](C)(CCCCCC/C=C/CCC[C@](C)(NC(=O)[C@H](CC(C)C)NN[C@@H](CCC(N)=O)C(=O)CN[C@@H](C)C(=O)CC(=O)[C@H](Cc1c[nH]c2ccccc12)/N=N\[C@H](C=O)CC1=CC=C(O)CC1)C(=O)CN[C@@H](C)C(=O)CCN[C@@H](C)C(=O)CCC(=O)[C@H](C)NCCC(=O)[C@H](C)NCCC(=O)[C@H](C)NCN[C@H](C)C(N)=O)C(=O)C(=O)[C@@H](N)CCC(=O)O)[C@@H](C)O. The van der Waals surface area contributed by atoms with Crippen LogP contribution < -0.4 is 92.1 Å². The highest BCUT2D eigenvalue weighted by Crippen LogP contribution is 2.27. The van der Waals surface area contributed by atoms with Gasteiger partial charge in [0, 0.05) is 108 Å². The molecule has 1 aliphatic rings. The summed E-state index contributed by atoms with van der Waals surface area (Å²) in [5.41, 5.74) is 28.0. The van der Waals surface area contributed by atoms with E-state index in [-0.39, 0.29) is 169 Å². The molecule has 0 saturated heterocycles. The first-order valence-electron chi connectivity index (χ1n) is 52.2. The number of aldehydes is 1. The number of aliphatic carboxylic acids is 1. The molecule has 4 rings (SSSR count). The second-order valence-electron chi connectivity index (χ2n) is 40.5. The van der Waals surface area contributed by atoms with Gasteiger partial charge in [-0.25, -0.2) is 21.7 Å². The number of rotatable bonds is 85. The van der Waals surface area contributed by atoms with Gasteiger partial charge in [0.25, 0.3) is 0 Å². The van der Waals surface area contributed by atoms with Crippen LogP contribution in [-0.2, 0) is 109 Å². The Balaban J connectivity index is 1.51. The number of primary amides is 2. The number of hydrazine groups is 2. The smallest absolute Gasteiger partial charge is 0.303 e. The number of amides is 5. The van der Waals surface area contributed by atoms with Crippen LogP contribution in [0.15, 0.2) is 107 Å². The van der Waals surface area contributed by atoms with Crippen LogP contribution in [0.2, 0.25) is 0 Å². The average Bonchev–Trinajstić information content (AvgIpc) is 1.69. The number of H-pyrrole nitrogens is 1. The van der Waals surface area contributed by atoms with Crippen molar-refractivity contribution in [2.24, 2.45) is 39.3 Å². The number of nitrogens with one attached hydrogen (secondary N) is 15. The van der Waals surface area contributed by atoms with Crippen LogP contribution in [0.25, 0.3) is 10.9 Å². The summed E-state index contributed by atoms with van der Waals surface area (Å²) < 4.78 is 0. The number of nitrogens with zero attached hydrogens (tertiary/aromatic N) is 2. The fraction of sp³-hybridized carbons (Fsp3) is 0.626. The van der Waals surface area contributed by atoms with E-state index in [1.54, 1.807) is 111 Å². The minimum Gasteiger partial charge on any atom is -0.512 e. The zero-order valence-electron chi connectivity index (χ0n) is 89.8. The molecule has 0 aliphatic heterocycles. The Morgan fingerprint density at radius 1 is 0.493 bits per heavy atom. The number of para-hydroxylation sites is 1. The Labute approximate surface area is 879 Å². The number of aromatic amines is 1. The number of carbonyl (C=O) groups is 20. The van der Waals surface area contributed by atoms with Crippen molar-refractivity contribution in [2.75, 3.05) is 39.4 Å². The number of carboxylic acids is 1. The van der Waals surface area contributed by atoms with Gasteiger partial charge in [0.05, 0.1) is 103 Å². The number of carboxylic acid groups (broad SMARTS) is 1. The number of ketones is 13. The molecule has 150 heavy (non-hydrogen) atoms. The van der Waals surface area contributed by atoms with E-state index in [4.69, 9.17) is 17.2 Å². The molecule has 1 aromatic heterocycles. The van der Waals surface area contributed by atoms with Crippen molar-refractivity contribution in [3.8, 4) is 0 Å². The van der Waals surface area contributed by atoms with E-state index in [0.717, 1.165) is 16.5 Å². The summed E-state index contributed by atoms with van der Waals surface area (Å²) in [6.07, 6.45) is 10.1. The largest absolute Gasteiger partial charge is 0.512 e. The van der Waals surface area contributed by atoms with Gasteiger partial charge < -0.3 is 84.8 Å². The number of allylic oxidation sites excluding steroid dienone is 5. The van der Waals surface area contributed by atoms with Crippen molar-refractivity contribution in [1.29, 1.82) is 0 Å². The number of nitrogens with two attached hydrogens (primary N) is 3. The van der Waals surface area contributed by atoms with Crippen molar-refractivity contribution in [2.45, 2.75) is 379 Å². The Morgan fingerprint density at radius 2 is 1.03 bits per heavy atom. The van der Waals surface area contributed by atoms with Crippen molar-refractivity contribution < 1.29 is 111 Å². The summed E-state index contributed by atoms with van der Waals surface area (Å²) in [7, 11) is 0. The number of azo groups is 1. The van der Waals surface area contributed by atoms with Crippen LogP contribution in [0, 0.1) is 11.8 Å². The number of Topliss-reactive ketones (excluding diaryl/α,β-unsaturated/α-hetero) is 13. The molecule has 5 amide bonds. The number of hydrogen-bond donors (Lipinski definition) is 21. The minimum atomic E-state index is -1.84. The van der Waals surface area contributed by atoms with Crippen molar-refractivity contribution >= 4 is 128 Å². The molecule has 0 bridgehead atoms. The van der Waals surface area contributed by atoms with Crippen molar-refractivity contribution in [1.82, 2.24) is 79.9 Å². The quantitative estimate of drug-likeness (QED) is 0.00558. The van der Waals surface area contributed by atoms with E-state index in [1.165, 1.54) is 27.7 Å². The number of carbonyl (C=O) groups excluding carboxylic acids is 19. The zero-order valence-corrected chi connectivity index (χ0v) is 89.8. The highest BCUT2D eigenvalue weighted by molar-refractivity contribution is 6.42. The monoisotopic (exact) mass is 2100 g/mol. The Morgan fingerprint density at radius 3 is 1.59 bits per heavy atom. The third kappa shape index (κ3) is 48.7. The fourth-order valence-electron chi connectivity index (χ4n) is 16.5. The topological polar surface area (TPSA) is 689 Å². The third-order valence-electron chi connectivity index (χ3n) is 26.5. The molecule has 0 spiro atoms. The molecule has 1 aliphatic carbocycles. The fourth-order valence-corrected chi connectivity index (χ4v) is 16.5. The Kier molecular flexibility index (Phi) is 59.4. The van der Waals surface area contributed by atoms with Crippen LogP contribution >= 0.6 is 0 Å². The van der Waals surface area contributed by atoms with Crippen LogP contribution in [0.3, 0.4) is 0 Å². The second-order valence-corrected chi connectivity index (χ2v) is 40.5. The zero-order chi connectivity index (χ0) is 112. The molecule has 832 valence electrons. The molecule has 3 aromatic rings. The number of aliphatic hydroxyl groups excluding tert-OH is 2. The lowest BCUT2D eigenvalue weighted by atomic mass is 9.85. The first kappa shape index (κ1) is 131. The molecule has 24 N–H and O–H groups in total. The normalized spacial score (nSPS) is 16.3. The lowest BCUT2D eigenvalue weighted by molar-refractivity contribution is -0.143. The van der Waals surface area contributed by atoms with Gasteiger partial charge in [0.1, 0.15) is 48.1 Å². The highest BCUT2D eigenvalue weighted by atomic mass is 16.4. The maximum Gasteiger partial charge on any atom is 0.303 e. The average molecular weight is 2100 g/mol. The van der Waals surface area contributed by atoms with Crippen LogP contribution in [0.4, 0.5) is 0 Å². The van der Waals surface area contributed by atoms with Gasteiger partial charge >= 0.3 is 5.97 Å². The maximum atomic E-state index is 15.0. The Bertz CT molecular complexity index is 5140. The summed E-state index contributed by atoms with van der Waals surface area (Å²) in [6, 6.07) is 0.179. The summed E-state index contributed by atoms with van der Waals surface area (Å²) in [6.45, 7) is 23.6. The van der Waals surface area contributed by atoms with Crippen LogP contribution in [-0.4, -0.2) is 284 Å². The van der Waals surface area contributed by atoms with Gasteiger partial charge in [-0.2, -0.15) is 10.2 Å². The summed E-state index contributed by atoms with van der Waals surface area (Å²) in [5, 5.41) is 68.5. The molecule has 0 radical (unpaired) electrons. The van der Waals surface area contributed by atoms with Gasteiger partial charge in [-0.3, -0.25) is 102 Å². The number of aliphatic hydroxyl groups is 2. The summed E-state index contributed by atoms with van der Waals surface area (Å²) >= 11 is 0. The van der Waals surface area contributed by atoms with E-state index >= 15 is 0 Å². The third-order valence-corrected chi connectivity index (χ3v) is 26.5. The molecule has 0 unspecified atom stereocenters. The number of aromatic nitrogens is 1. The van der Waals surface area contributed by atoms with E-state index in [2.05, 4.69) is 90.1 Å². The predicted molar refractivity (Wildman–Crippen MR) is 566 cm³/mol. The standard InChI is InChI=1S/C107H166N20O23/c1-63(2)52-85(119-73(13)130)104(149)120-98(72(12)129)101(146)100(145)84(55-74-30-24-23-25-31-74)126-127-107(15,102(147)99(144)80(108)38-43-97(142)143)48-29-22-20-18-16-17-19-21-28-47-106(14,95(140)60-115-68(8)90(135)45-50-112-66(6)88(133)41-40-87(132)65(5)111-49-44-89(134)67(7)113-51-46-91(136)69(9)117-62-118-71(11)103(110)148)121-105(150)86(53-64(3)4)125-123-82(39-42-96(109)141)94(139)59-114-70(10)92(137)57-93(138)83(56-76-58-116-81-33-27-26-32-79(76)81)124-122-77(61-128)54-75-34-36-78(131)37-35-75/h17,19,23-27,30-34,36,58,61,63-72,77,80,82-86,98,111-118,123,125-127,129,131H,16,18,20-22,28-29,35,37-57,59-60,62,108H2,1-15H3,(H2,109,141)(H2,110,148)(H,119,130)(H,120,149)(H,121,150)(H,142,143)/b19-17+,124-122-/t65-,66-,67-,68-,69-,70-,71+,72+,77-,80-,82-,83-,84-,85-,86-,98-,106-,107+/m0/s1. The van der Waals surface area contributed by atoms with Crippen molar-refractivity contribution in [3.63, 3.8) is 0 Å². The van der Waals surface area contributed by atoms with E-state index in [1.807, 2.05) is 50.3 Å². The molecular weight excluding hydrogens is 1930 g/mol. The predicted octanol–water partition coefficient (Wildman–Crippen LogP) is 3.84. The van der Waals surface area contributed by atoms with Crippen molar-refractivity contribution in [3.05, 3.63) is 108 Å². The number of fused-ring (bicyclic) bond motifs is 1. The number of unbranched alkanes of at least 4 members (excludes halogenated alkanes) is 5. The van der Waals surface area contributed by atoms with Gasteiger partial charge in [0.15, 0.2) is 40.5 Å². The first-order chi connectivity index (χ1) is 70.8. The lowest BCUT2D eigenvalue weighted by Gasteiger charge is -2.33. The van der Waals surface area contributed by atoms with E-state index in [9.17, 15) is 111 Å². The first-order valence-corrected chi connectivity index (χ1v) is 52.2. The molecule has 0 fully saturated rings. The van der Waals surface area contributed by atoms with Crippen LogP contribution in [0.5, 0.6) is 0 Å². The molecule has 1 heterocycles. The van der Waals surface area contributed by atoms with E-state index < -0.39 is 216 Å². The Hall–Kier alpha value is -11.7. The summed E-state index contributed by atoms with van der Waals surface area (Å²) in [5.74, 6) is -12.6. The molecule has 2 aromatic carbocycles. The molecule has 0 saturated carbocycles. The van der Waals surface area contributed by atoms with E-state index in [0.29, 0.717) is 75.2 Å². The minimum absolute atomic E-state index is 0.0205. The highest BCUT2D eigenvalue weighted by Gasteiger charge is 2.44. The molecular formula is C107H166N20O23. The molecule has 18 atom stereocenters. The second kappa shape index (κ2) is 68.2. The van der Waals surface area contributed by atoms with Crippen LogP contribution in [0.1, 0.15) is 269 Å².